The average molecular weight is 234 g/mol. The summed E-state index contributed by atoms with van der Waals surface area (Å²) in [5.74, 6) is 0.309. The topological polar surface area (TPSA) is 107 Å². The van der Waals surface area contributed by atoms with Gasteiger partial charge in [-0.2, -0.15) is 5.26 Å². The lowest BCUT2D eigenvalue weighted by molar-refractivity contribution is 0.898. The van der Waals surface area contributed by atoms with Crippen molar-refractivity contribution in [3.8, 4) is 6.07 Å². The molecular weight excluding hydrogens is 224 g/mol. The molecule has 2 rings (SSSR count). The fourth-order valence-corrected chi connectivity index (χ4v) is 1.95. The predicted octanol–water partition coefficient (Wildman–Crippen LogP) is 0.726. The van der Waals surface area contributed by atoms with Crippen LogP contribution < -0.4 is 11.5 Å². The van der Waals surface area contributed by atoms with Crippen molar-refractivity contribution in [1.82, 2.24) is 14.5 Å². The maximum absolute atomic E-state index is 8.97. The summed E-state index contributed by atoms with van der Waals surface area (Å²) in [6, 6.07) is 2.03. The van der Waals surface area contributed by atoms with E-state index in [0.717, 1.165) is 0 Å². The smallest absolute Gasteiger partial charge is 0.191 e. The van der Waals surface area contributed by atoms with Crippen LogP contribution in [0.5, 0.6) is 0 Å². The van der Waals surface area contributed by atoms with Crippen LogP contribution in [0.15, 0.2) is 5.16 Å². The summed E-state index contributed by atoms with van der Waals surface area (Å²) in [4.78, 5) is 8.38. The van der Waals surface area contributed by atoms with Crippen molar-refractivity contribution >= 4 is 34.3 Å². The van der Waals surface area contributed by atoms with E-state index in [4.69, 9.17) is 16.7 Å². The summed E-state index contributed by atoms with van der Waals surface area (Å²) in [5, 5.41) is 10.1. The van der Waals surface area contributed by atoms with Gasteiger partial charge in [-0.15, -0.1) is 0 Å². The van der Waals surface area contributed by atoms with E-state index in [1.54, 1.807) is 11.6 Å². The predicted molar refractivity (Wildman–Crippen MR) is 63.8 cm³/mol. The Bertz CT molecular complexity index is 609. The molecule has 0 atom stereocenters. The van der Waals surface area contributed by atoms with Crippen LogP contribution in [-0.4, -0.2) is 20.8 Å². The molecule has 2 aromatic heterocycles. The highest BCUT2D eigenvalue weighted by molar-refractivity contribution is 7.98. The van der Waals surface area contributed by atoms with Crippen LogP contribution in [0.4, 0.5) is 11.5 Å². The SMILES string of the molecule is CSc1nc(N)c2c(N)c(C#N)n(C)c2n1. The van der Waals surface area contributed by atoms with Crippen molar-refractivity contribution in [2.24, 2.45) is 7.05 Å². The second-order valence-electron chi connectivity index (χ2n) is 3.23. The quantitative estimate of drug-likeness (QED) is 0.556. The molecule has 0 aliphatic heterocycles. The fourth-order valence-electron chi connectivity index (χ4n) is 1.58. The van der Waals surface area contributed by atoms with Gasteiger partial charge in [0.05, 0.1) is 11.1 Å². The zero-order valence-corrected chi connectivity index (χ0v) is 9.67. The van der Waals surface area contributed by atoms with Gasteiger partial charge in [0.1, 0.15) is 23.2 Å². The van der Waals surface area contributed by atoms with Gasteiger partial charge in [-0.3, -0.25) is 0 Å². The lowest BCUT2D eigenvalue weighted by atomic mass is 10.3. The molecule has 0 fully saturated rings. The lowest BCUT2D eigenvalue weighted by Gasteiger charge is -2.00. The molecule has 2 heterocycles. The number of nitrogens with two attached hydrogens (primary N) is 2. The third kappa shape index (κ3) is 1.27. The number of aromatic nitrogens is 3. The Kier molecular flexibility index (Phi) is 2.36. The number of aryl methyl sites for hydroxylation is 1. The van der Waals surface area contributed by atoms with Crippen LogP contribution in [-0.2, 0) is 7.05 Å². The second kappa shape index (κ2) is 3.57. The Hall–Kier alpha value is -1.94. The highest BCUT2D eigenvalue weighted by atomic mass is 32.2. The van der Waals surface area contributed by atoms with Crippen molar-refractivity contribution in [1.29, 1.82) is 5.26 Å². The molecule has 16 heavy (non-hydrogen) atoms. The summed E-state index contributed by atoms with van der Waals surface area (Å²) >= 11 is 1.39. The molecule has 0 saturated carbocycles. The second-order valence-corrected chi connectivity index (χ2v) is 4.00. The van der Waals surface area contributed by atoms with E-state index < -0.39 is 0 Å². The number of hydrogen-bond acceptors (Lipinski definition) is 6. The van der Waals surface area contributed by atoms with Crippen LogP contribution in [0.1, 0.15) is 5.69 Å². The maximum atomic E-state index is 8.97. The molecule has 0 aromatic carbocycles. The van der Waals surface area contributed by atoms with Crippen molar-refractivity contribution in [2.75, 3.05) is 17.7 Å². The highest BCUT2D eigenvalue weighted by Crippen LogP contribution is 2.30. The lowest BCUT2D eigenvalue weighted by Crippen LogP contribution is -1.98. The van der Waals surface area contributed by atoms with Crippen LogP contribution in [0.2, 0.25) is 0 Å². The van der Waals surface area contributed by atoms with Crippen molar-refractivity contribution in [2.45, 2.75) is 5.16 Å². The Morgan fingerprint density at radius 1 is 1.38 bits per heavy atom. The minimum absolute atomic E-state index is 0.309. The van der Waals surface area contributed by atoms with E-state index in [2.05, 4.69) is 9.97 Å². The standard InChI is InChI=1S/C9H10N6S/c1-15-4(3-10)6(11)5-7(12)13-9(16-2)14-8(5)15/h11H2,1-2H3,(H2,12,13,14). The largest absolute Gasteiger partial charge is 0.396 e. The zero-order chi connectivity index (χ0) is 11.9. The Labute approximate surface area is 96.3 Å². The average Bonchev–Trinajstić information content (AvgIpc) is 2.51. The number of hydrogen-bond donors (Lipinski definition) is 2. The molecule has 7 heteroatoms. The molecule has 0 saturated heterocycles. The van der Waals surface area contributed by atoms with Gasteiger partial charge in [-0.25, -0.2) is 9.97 Å². The number of rotatable bonds is 1. The van der Waals surface area contributed by atoms with Gasteiger partial charge in [-0.05, 0) is 6.26 Å². The molecule has 2 aromatic rings. The van der Waals surface area contributed by atoms with E-state index in [9.17, 15) is 0 Å². The van der Waals surface area contributed by atoms with Gasteiger partial charge in [0.2, 0.25) is 0 Å². The normalized spacial score (nSPS) is 10.6. The number of anilines is 2. The van der Waals surface area contributed by atoms with Crippen LogP contribution in [0.3, 0.4) is 0 Å². The van der Waals surface area contributed by atoms with E-state index in [-0.39, 0.29) is 0 Å². The first kappa shape index (κ1) is 10.6. The van der Waals surface area contributed by atoms with Gasteiger partial charge in [0.25, 0.3) is 0 Å². The van der Waals surface area contributed by atoms with Gasteiger partial charge in [0, 0.05) is 7.05 Å². The molecule has 0 radical (unpaired) electrons. The van der Waals surface area contributed by atoms with Gasteiger partial charge in [-0.1, -0.05) is 11.8 Å². The molecular formula is C9H10N6S. The molecule has 0 aliphatic carbocycles. The summed E-state index contributed by atoms with van der Waals surface area (Å²) in [5.41, 5.74) is 12.9. The molecule has 0 unspecified atom stereocenters. The van der Waals surface area contributed by atoms with Crippen LogP contribution in [0, 0.1) is 11.3 Å². The van der Waals surface area contributed by atoms with E-state index in [1.807, 2.05) is 12.3 Å². The van der Waals surface area contributed by atoms with Crippen molar-refractivity contribution < 1.29 is 0 Å². The third-order valence-corrected chi connectivity index (χ3v) is 2.91. The first-order valence-corrected chi connectivity index (χ1v) is 5.68. The third-order valence-electron chi connectivity index (χ3n) is 2.36. The van der Waals surface area contributed by atoms with Gasteiger partial charge < -0.3 is 16.0 Å². The van der Waals surface area contributed by atoms with Crippen molar-refractivity contribution in [3.05, 3.63) is 5.69 Å². The fraction of sp³-hybridized carbons (Fsp3) is 0.222. The number of nitriles is 1. The molecule has 82 valence electrons. The molecule has 0 spiro atoms. The minimum atomic E-state index is 0.309. The van der Waals surface area contributed by atoms with E-state index in [1.165, 1.54) is 11.8 Å². The first-order chi connectivity index (χ1) is 7.60. The number of thioether (sulfide) groups is 1. The maximum Gasteiger partial charge on any atom is 0.191 e. The Morgan fingerprint density at radius 3 is 2.62 bits per heavy atom. The Balaban J connectivity index is 2.94. The number of nitrogen functional groups attached to an aromatic ring is 2. The first-order valence-electron chi connectivity index (χ1n) is 4.45. The molecule has 0 bridgehead atoms. The summed E-state index contributed by atoms with van der Waals surface area (Å²) in [6.07, 6.45) is 1.86. The Morgan fingerprint density at radius 2 is 2.06 bits per heavy atom. The molecule has 0 amide bonds. The summed E-state index contributed by atoms with van der Waals surface area (Å²) in [6.45, 7) is 0. The summed E-state index contributed by atoms with van der Waals surface area (Å²) in [7, 11) is 1.73. The monoisotopic (exact) mass is 234 g/mol. The number of fused-ring (bicyclic) bond motifs is 1. The number of nitrogens with zero attached hydrogens (tertiary/aromatic N) is 4. The molecule has 0 aliphatic rings. The van der Waals surface area contributed by atoms with Crippen molar-refractivity contribution in [3.63, 3.8) is 0 Å². The van der Waals surface area contributed by atoms with E-state index >= 15 is 0 Å². The van der Waals surface area contributed by atoms with Crippen LogP contribution >= 0.6 is 11.8 Å². The van der Waals surface area contributed by atoms with Crippen LogP contribution in [0.25, 0.3) is 11.0 Å². The molecule has 6 nitrogen and oxygen atoms in total. The highest BCUT2D eigenvalue weighted by Gasteiger charge is 2.17. The minimum Gasteiger partial charge on any atom is -0.396 e. The summed E-state index contributed by atoms with van der Waals surface area (Å²) < 4.78 is 1.63. The van der Waals surface area contributed by atoms with Gasteiger partial charge in [0.15, 0.2) is 5.16 Å². The van der Waals surface area contributed by atoms with Gasteiger partial charge >= 0.3 is 0 Å². The zero-order valence-electron chi connectivity index (χ0n) is 8.85. The van der Waals surface area contributed by atoms with E-state index in [0.29, 0.717) is 33.4 Å². The molecule has 4 N–H and O–H groups in total.